The highest BCUT2D eigenvalue weighted by molar-refractivity contribution is 7.17. The number of nitrogens with zero attached hydrogens (tertiary/aromatic N) is 2. The van der Waals surface area contributed by atoms with Gasteiger partial charge in [0.25, 0.3) is 5.56 Å². The second kappa shape index (κ2) is 8.73. The lowest BCUT2D eigenvalue weighted by Gasteiger charge is -2.12. The minimum absolute atomic E-state index is 0.134. The second-order valence-corrected chi connectivity index (χ2v) is 8.14. The molecule has 0 spiro atoms. The van der Waals surface area contributed by atoms with Crippen molar-refractivity contribution >= 4 is 33.1 Å². The monoisotopic (exact) mass is 433 g/mol. The highest BCUT2D eigenvalue weighted by Crippen LogP contribution is 2.31. The van der Waals surface area contributed by atoms with E-state index in [1.807, 2.05) is 43.5 Å². The van der Waals surface area contributed by atoms with E-state index in [-0.39, 0.29) is 18.0 Å². The molecule has 0 saturated carbocycles. The summed E-state index contributed by atoms with van der Waals surface area (Å²) in [6.45, 7) is 6.35. The Morgan fingerprint density at radius 1 is 1.16 bits per heavy atom. The van der Waals surface area contributed by atoms with Crippen LogP contribution in [0.1, 0.15) is 18.1 Å². The molecule has 0 atom stereocenters. The van der Waals surface area contributed by atoms with Gasteiger partial charge < -0.3 is 10.1 Å². The van der Waals surface area contributed by atoms with Crippen molar-refractivity contribution in [3.8, 4) is 16.9 Å². The fourth-order valence-electron chi connectivity index (χ4n) is 3.40. The lowest BCUT2D eigenvalue weighted by atomic mass is 10.0. The van der Waals surface area contributed by atoms with Crippen molar-refractivity contribution in [3.05, 3.63) is 75.7 Å². The first-order valence-electron chi connectivity index (χ1n) is 10.0. The molecule has 1 N–H and O–H groups in total. The van der Waals surface area contributed by atoms with Crippen molar-refractivity contribution in [1.82, 2.24) is 9.55 Å². The van der Waals surface area contributed by atoms with Crippen LogP contribution < -0.4 is 15.6 Å². The smallest absolute Gasteiger partial charge is 0.263 e. The van der Waals surface area contributed by atoms with Gasteiger partial charge in [0.15, 0.2) is 0 Å². The maximum atomic E-state index is 13.2. The van der Waals surface area contributed by atoms with E-state index in [4.69, 9.17) is 4.74 Å². The third-order valence-corrected chi connectivity index (χ3v) is 6.04. The van der Waals surface area contributed by atoms with Crippen LogP contribution in [0.25, 0.3) is 21.3 Å². The Labute approximate surface area is 184 Å². The van der Waals surface area contributed by atoms with Crippen molar-refractivity contribution in [1.29, 1.82) is 0 Å². The predicted octanol–water partition coefficient (Wildman–Crippen LogP) is 4.78. The van der Waals surface area contributed by atoms with Crippen molar-refractivity contribution in [2.75, 3.05) is 11.9 Å². The van der Waals surface area contributed by atoms with Gasteiger partial charge in [-0.1, -0.05) is 30.3 Å². The molecule has 2 aromatic carbocycles. The summed E-state index contributed by atoms with van der Waals surface area (Å²) >= 11 is 1.43. The molecule has 0 radical (unpaired) electrons. The number of para-hydroxylation sites is 2. The van der Waals surface area contributed by atoms with Crippen molar-refractivity contribution in [2.45, 2.75) is 27.3 Å². The Kier molecular flexibility index (Phi) is 5.86. The van der Waals surface area contributed by atoms with Crippen LogP contribution in [0.5, 0.6) is 5.75 Å². The molecule has 0 aliphatic carbocycles. The molecule has 0 fully saturated rings. The van der Waals surface area contributed by atoms with Crippen LogP contribution in [0.2, 0.25) is 0 Å². The number of carbonyl (C=O) groups excluding carboxylic acids is 1. The molecule has 2 heterocycles. The number of thiophene rings is 1. The first kappa shape index (κ1) is 20.8. The number of anilines is 1. The highest BCUT2D eigenvalue weighted by Gasteiger charge is 2.16. The van der Waals surface area contributed by atoms with Gasteiger partial charge >= 0.3 is 0 Å². The van der Waals surface area contributed by atoms with Crippen LogP contribution >= 0.6 is 11.3 Å². The number of hydrogen-bond acceptors (Lipinski definition) is 5. The Hall–Kier alpha value is -3.45. The van der Waals surface area contributed by atoms with Crippen LogP contribution in [0.3, 0.4) is 0 Å². The van der Waals surface area contributed by atoms with E-state index in [9.17, 15) is 9.59 Å². The fraction of sp³-hybridized carbons (Fsp3) is 0.208. The molecule has 0 bridgehead atoms. The van der Waals surface area contributed by atoms with E-state index in [0.717, 1.165) is 16.7 Å². The molecule has 4 aromatic rings. The third kappa shape index (κ3) is 4.22. The molecular weight excluding hydrogens is 410 g/mol. The van der Waals surface area contributed by atoms with Crippen LogP contribution in [-0.4, -0.2) is 22.1 Å². The Morgan fingerprint density at radius 3 is 2.74 bits per heavy atom. The quantitative estimate of drug-likeness (QED) is 0.475. The van der Waals surface area contributed by atoms with Gasteiger partial charge in [0.1, 0.15) is 17.1 Å². The normalized spacial score (nSPS) is 10.9. The van der Waals surface area contributed by atoms with E-state index in [1.165, 1.54) is 27.8 Å². The van der Waals surface area contributed by atoms with E-state index in [2.05, 4.69) is 23.3 Å². The number of aryl methyl sites for hydroxylation is 2. The van der Waals surface area contributed by atoms with E-state index >= 15 is 0 Å². The predicted molar refractivity (Wildman–Crippen MR) is 125 cm³/mol. The molecule has 158 valence electrons. The number of amides is 1. The average Bonchev–Trinajstić information content (AvgIpc) is 3.19. The summed E-state index contributed by atoms with van der Waals surface area (Å²) in [4.78, 5) is 30.9. The Balaban J connectivity index is 1.65. The van der Waals surface area contributed by atoms with Crippen molar-refractivity contribution in [2.24, 2.45) is 0 Å². The number of carbonyl (C=O) groups is 1. The highest BCUT2D eigenvalue weighted by atomic mass is 32.1. The molecule has 7 heteroatoms. The SMILES string of the molecule is CCOc1ccccc1NC(=O)Cn1cnc2scc(-c3ccc(C)c(C)c3)c2c1=O. The number of rotatable bonds is 6. The summed E-state index contributed by atoms with van der Waals surface area (Å²) in [5.41, 5.74) is 4.52. The van der Waals surface area contributed by atoms with Gasteiger partial charge in [0.2, 0.25) is 5.91 Å². The lowest BCUT2D eigenvalue weighted by Crippen LogP contribution is -2.28. The number of aromatic nitrogens is 2. The minimum atomic E-state index is -0.321. The molecule has 0 aliphatic heterocycles. The molecule has 0 aliphatic rings. The van der Waals surface area contributed by atoms with Gasteiger partial charge in [-0.3, -0.25) is 14.2 Å². The summed E-state index contributed by atoms with van der Waals surface area (Å²) in [5.74, 6) is 0.271. The molecule has 4 rings (SSSR count). The zero-order valence-electron chi connectivity index (χ0n) is 17.6. The molecule has 6 nitrogen and oxygen atoms in total. The average molecular weight is 434 g/mol. The van der Waals surface area contributed by atoms with Crippen LogP contribution in [0, 0.1) is 13.8 Å². The fourth-order valence-corrected chi connectivity index (χ4v) is 4.30. The van der Waals surface area contributed by atoms with Crippen molar-refractivity contribution in [3.63, 3.8) is 0 Å². The maximum absolute atomic E-state index is 13.2. The standard InChI is InChI=1S/C24H23N3O3S/c1-4-30-20-8-6-5-7-19(20)26-21(28)12-27-14-25-23-22(24(27)29)18(13-31-23)17-10-9-15(2)16(3)11-17/h5-11,13-14H,4,12H2,1-3H3,(H,26,28). The Morgan fingerprint density at radius 2 is 1.97 bits per heavy atom. The summed E-state index contributed by atoms with van der Waals surface area (Å²) in [5, 5.41) is 5.31. The molecule has 0 unspecified atom stereocenters. The minimum Gasteiger partial charge on any atom is -0.492 e. The zero-order valence-corrected chi connectivity index (χ0v) is 18.5. The van der Waals surface area contributed by atoms with Gasteiger partial charge in [-0.05, 0) is 49.6 Å². The van der Waals surface area contributed by atoms with E-state index < -0.39 is 0 Å². The van der Waals surface area contributed by atoms with Gasteiger partial charge in [-0.25, -0.2) is 4.98 Å². The molecule has 0 saturated heterocycles. The number of fused-ring (bicyclic) bond motifs is 1. The largest absolute Gasteiger partial charge is 0.492 e. The summed E-state index contributed by atoms with van der Waals surface area (Å²) in [6, 6.07) is 13.4. The first-order valence-corrected chi connectivity index (χ1v) is 10.9. The van der Waals surface area contributed by atoms with Gasteiger partial charge in [0.05, 0.1) is 24.0 Å². The summed E-state index contributed by atoms with van der Waals surface area (Å²) in [7, 11) is 0. The van der Waals surface area contributed by atoms with Gasteiger partial charge in [-0.15, -0.1) is 11.3 Å². The molecular formula is C24H23N3O3S. The van der Waals surface area contributed by atoms with Gasteiger partial charge in [-0.2, -0.15) is 0 Å². The number of hydrogen-bond donors (Lipinski definition) is 1. The molecule has 2 aromatic heterocycles. The van der Waals surface area contributed by atoms with Crippen LogP contribution in [-0.2, 0) is 11.3 Å². The topological polar surface area (TPSA) is 73.2 Å². The summed E-state index contributed by atoms with van der Waals surface area (Å²) < 4.78 is 6.89. The third-order valence-electron chi connectivity index (χ3n) is 5.15. The Bertz CT molecular complexity index is 1320. The summed E-state index contributed by atoms with van der Waals surface area (Å²) in [6.07, 6.45) is 1.43. The first-order chi connectivity index (χ1) is 15.0. The zero-order chi connectivity index (χ0) is 22.0. The number of ether oxygens (including phenoxy) is 1. The lowest BCUT2D eigenvalue weighted by molar-refractivity contribution is -0.116. The number of nitrogens with one attached hydrogen (secondary N) is 1. The maximum Gasteiger partial charge on any atom is 0.263 e. The molecule has 31 heavy (non-hydrogen) atoms. The number of benzene rings is 2. The van der Waals surface area contributed by atoms with E-state index in [1.54, 1.807) is 12.1 Å². The van der Waals surface area contributed by atoms with Crippen LogP contribution in [0.15, 0.2) is 59.0 Å². The molecule has 1 amide bonds. The van der Waals surface area contributed by atoms with E-state index in [0.29, 0.717) is 28.3 Å². The second-order valence-electron chi connectivity index (χ2n) is 7.28. The van der Waals surface area contributed by atoms with Crippen molar-refractivity contribution < 1.29 is 9.53 Å². The van der Waals surface area contributed by atoms with Crippen LogP contribution in [0.4, 0.5) is 5.69 Å². The van der Waals surface area contributed by atoms with Gasteiger partial charge in [0, 0.05) is 10.9 Å².